The average molecular weight is 357 g/mol. The maximum atomic E-state index is 11.2. The van der Waals surface area contributed by atoms with Crippen molar-refractivity contribution in [2.75, 3.05) is 7.11 Å². The second-order valence-corrected chi connectivity index (χ2v) is 12.2. The van der Waals surface area contributed by atoms with E-state index in [9.17, 15) is 8.76 Å². The SMILES string of the molecule is COc1ccc(C(O[Si](C)(C)C)c2cc(S(=O)O)cs2)cc1. The van der Waals surface area contributed by atoms with Crippen LogP contribution < -0.4 is 4.74 Å². The molecule has 7 heteroatoms. The van der Waals surface area contributed by atoms with Gasteiger partial charge in [-0.05, 0) is 43.4 Å². The fourth-order valence-corrected chi connectivity index (χ4v) is 4.64. The predicted octanol–water partition coefficient (Wildman–Crippen LogP) is 4.28. The topological polar surface area (TPSA) is 55.8 Å². The lowest BCUT2D eigenvalue weighted by Crippen LogP contribution is -2.28. The molecule has 1 heterocycles. The summed E-state index contributed by atoms with van der Waals surface area (Å²) in [5, 5.41) is 1.70. The van der Waals surface area contributed by atoms with Crippen molar-refractivity contribution in [1.82, 2.24) is 0 Å². The largest absolute Gasteiger partial charge is 0.497 e. The highest BCUT2D eigenvalue weighted by atomic mass is 32.2. The van der Waals surface area contributed by atoms with Gasteiger partial charge in [0.05, 0.1) is 12.0 Å². The summed E-state index contributed by atoms with van der Waals surface area (Å²) in [6, 6.07) is 9.48. The highest BCUT2D eigenvalue weighted by Crippen LogP contribution is 2.34. The summed E-state index contributed by atoms with van der Waals surface area (Å²) in [6.45, 7) is 6.38. The van der Waals surface area contributed by atoms with Gasteiger partial charge in [-0.15, -0.1) is 11.3 Å². The third kappa shape index (κ3) is 4.50. The molecule has 2 atom stereocenters. The Morgan fingerprint density at radius 3 is 2.32 bits per heavy atom. The number of rotatable bonds is 6. The number of hydrogen-bond acceptors (Lipinski definition) is 4. The molecule has 0 fully saturated rings. The first-order valence-corrected chi connectivity index (χ1v) is 12.2. The average Bonchev–Trinajstić information content (AvgIpc) is 2.94. The molecule has 1 N–H and O–H groups in total. The van der Waals surface area contributed by atoms with Gasteiger partial charge in [0.15, 0.2) is 19.4 Å². The monoisotopic (exact) mass is 356 g/mol. The van der Waals surface area contributed by atoms with Crippen molar-refractivity contribution < 1.29 is 17.9 Å². The van der Waals surface area contributed by atoms with Crippen molar-refractivity contribution in [3.8, 4) is 5.75 Å². The Bertz CT molecular complexity index is 646. The fraction of sp³-hybridized carbons (Fsp3) is 0.333. The number of methoxy groups -OCH3 is 1. The van der Waals surface area contributed by atoms with Gasteiger partial charge >= 0.3 is 0 Å². The van der Waals surface area contributed by atoms with Gasteiger partial charge in [-0.1, -0.05) is 12.1 Å². The third-order valence-corrected chi connectivity index (χ3v) is 5.65. The van der Waals surface area contributed by atoms with Crippen molar-refractivity contribution in [2.45, 2.75) is 30.6 Å². The molecule has 0 aliphatic rings. The third-order valence-electron chi connectivity index (χ3n) is 2.95. The molecule has 0 saturated carbocycles. The molecular formula is C15H20O4S2Si. The first-order chi connectivity index (χ1) is 10.3. The zero-order chi connectivity index (χ0) is 16.3. The van der Waals surface area contributed by atoms with Gasteiger partial charge in [-0.2, -0.15) is 0 Å². The summed E-state index contributed by atoms with van der Waals surface area (Å²) in [6.07, 6.45) is -0.222. The van der Waals surface area contributed by atoms with Crippen LogP contribution in [0.4, 0.5) is 0 Å². The van der Waals surface area contributed by atoms with E-state index in [1.165, 1.54) is 11.3 Å². The fourth-order valence-electron chi connectivity index (χ4n) is 1.99. The molecule has 2 rings (SSSR count). The highest BCUT2D eigenvalue weighted by molar-refractivity contribution is 7.79. The lowest BCUT2D eigenvalue weighted by atomic mass is 10.1. The quantitative estimate of drug-likeness (QED) is 0.620. The molecule has 0 spiro atoms. The highest BCUT2D eigenvalue weighted by Gasteiger charge is 2.25. The second kappa shape index (κ2) is 7.06. The summed E-state index contributed by atoms with van der Waals surface area (Å²) >= 11 is -0.519. The molecule has 120 valence electrons. The number of ether oxygens (including phenoxy) is 1. The van der Waals surface area contributed by atoms with Crippen molar-refractivity contribution in [3.05, 3.63) is 46.2 Å². The van der Waals surface area contributed by atoms with Crippen LogP contribution in [0.2, 0.25) is 19.6 Å². The summed E-state index contributed by atoms with van der Waals surface area (Å²) in [5.41, 5.74) is 1.01. The van der Waals surface area contributed by atoms with Crippen LogP contribution >= 0.6 is 11.3 Å². The molecule has 2 aromatic rings. The van der Waals surface area contributed by atoms with Crippen molar-refractivity contribution in [1.29, 1.82) is 0 Å². The van der Waals surface area contributed by atoms with Crippen LogP contribution in [0.25, 0.3) is 0 Å². The minimum atomic E-state index is -1.96. The van der Waals surface area contributed by atoms with Crippen LogP contribution in [0.5, 0.6) is 5.75 Å². The predicted molar refractivity (Wildman–Crippen MR) is 92.6 cm³/mol. The summed E-state index contributed by atoms with van der Waals surface area (Å²) in [7, 11) is -0.157. The molecule has 2 unspecified atom stereocenters. The Labute approximate surface area is 138 Å². The first kappa shape index (κ1) is 17.4. The Morgan fingerprint density at radius 2 is 1.86 bits per heavy atom. The molecular weight excluding hydrogens is 336 g/mol. The van der Waals surface area contributed by atoms with Gasteiger partial charge in [0, 0.05) is 10.3 Å². The van der Waals surface area contributed by atoms with Gasteiger partial charge in [0.2, 0.25) is 0 Å². The molecule has 0 radical (unpaired) electrons. The Balaban J connectivity index is 2.38. The number of thiophene rings is 1. The second-order valence-electron chi connectivity index (χ2n) is 5.82. The maximum absolute atomic E-state index is 11.2. The minimum absolute atomic E-state index is 0.222. The van der Waals surface area contributed by atoms with Crippen LogP contribution in [0.15, 0.2) is 40.6 Å². The Kier molecular flexibility index (Phi) is 5.57. The van der Waals surface area contributed by atoms with Crippen LogP contribution in [0.3, 0.4) is 0 Å². The van der Waals surface area contributed by atoms with E-state index in [1.54, 1.807) is 18.6 Å². The summed E-state index contributed by atoms with van der Waals surface area (Å²) in [5.74, 6) is 0.791. The van der Waals surface area contributed by atoms with E-state index in [-0.39, 0.29) is 6.10 Å². The van der Waals surface area contributed by atoms with Crippen LogP contribution in [0, 0.1) is 0 Å². The van der Waals surface area contributed by atoms with E-state index in [0.29, 0.717) is 4.90 Å². The molecule has 1 aromatic heterocycles. The van der Waals surface area contributed by atoms with E-state index < -0.39 is 19.4 Å². The molecule has 0 aliphatic carbocycles. The molecule has 0 saturated heterocycles. The van der Waals surface area contributed by atoms with Gasteiger partial charge in [-0.3, -0.25) is 0 Å². The Morgan fingerprint density at radius 1 is 1.23 bits per heavy atom. The van der Waals surface area contributed by atoms with Gasteiger partial charge in [0.1, 0.15) is 11.9 Å². The normalized spacial score (nSPS) is 14.6. The van der Waals surface area contributed by atoms with Crippen LogP contribution in [-0.2, 0) is 15.5 Å². The standard InChI is InChI=1S/C15H20O4S2Si/c1-18-12-7-5-11(6-8-12)15(19-22(2,3)4)14-9-13(10-20-14)21(16)17/h5-10,15H,1-4H3,(H,16,17). The van der Waals surface area contributed by atoms with Gasteiger partial charge in [0.25, 0.3) is 0 Å². The maximum Gasteiger partial charge on any atom is 0.187 e. The molecule has 22 heavy (non-hydrogen) atoms. The van der Waals surface area contributed by atoms with Crippen LogP contribution in [-0.4, -0.2) is 24.2 Å². The zero-order valence-corrected chi connectivity index (χ0v) is 15.7. The first-order valence-electron chi connectivity index (χ1n) is 6.81. The van der Waals surface area contributed by atoms with Crippen molar-refractivity contribution >= 4 is 30.7 Å². The molecule has 0 bridgehead atoms. The van der Waals surface area contributed by atoms with Gasteiger partial charge < -0.3 is 13.7 Å². The number of benzene rings is 1. The lowest BCUT2D eigenvalue weighted by Gasteiger charge is -2.26. The van der Waals surface area contributed by atoms with E-state index in [1.807, 2.05) is 24.3 Å². The molecule has 0 aliphatic heterocycles. The zero-order valence-electron chi connectivity index (χ0n) is 13.0. The van der Waals surface area contributed by atoms with E-state index in [0.717, 1.165) is 16.2 Å². The van der Waals surface area contributed by atoms with E-state index in [4.69, 9.17) is 9.16 Å². The summed E-state index contributed by atoms with van der Waals surface area (Å²) < 4.78 is 31.9. The lowest BCUT2D eigenvalue weighted by molar-refractivity contribution is 0.243. The molecule has 1 aromatic carbocycles. The van der Waals surface area contributed by atoms with E-state index in [2.05, 4.69) is 19.6 Å². The van der Waals surface area contributed by atoms with Crippen molar-refractivity contribution in [3.63, 3.8) is 0 Å². The number of hydrogen-bond donors (Lipinski definition) is 1. The molecule has 4 nitrogen and oxygen atoms in total. The molecule has 0 amide bonds. The van der Waals surface area contributed by atoms with E-state index >= 15 is 0 Å². The smallest absolute Gasteiger partial charge is 0.187 e. The van der Waals surface area contributed by atoms with Gasteiger partial charge in [-0.25, -0.2) is 4.21 Å². The minimum Gasteiger partial charge on any atom is -0.497 e. The van der Waals surface area contributed by atoms with Crippen molar-refractivity contribution in [2.24, 2.45) is 0 Å². The Hall–Kier alpha value is -0.993. The van der Waals surface area contributed by atoms with Crippen LogP contribution in [0.1, 0.15) is 16.5 Å². The summed E-state index contributed by atoms with van der Waals surface area (Å²) in [4.78, 5) is 1.35.